The SMILES string of the molecule is O=C(Cc1ccccc1)NCCCN1CCCC1. The lowest BCUT2D eigenvalue weighted by atomic mass is 10.1. The molecule has 1 fully saturated rings. The highest BCUT2D eigenvalue weighted by Gasteiger charge is 2.10. The van der Waals surface area contributed by atoms with Crippen molar-refractivity contribution in [2.24, 2.45) is 0 Å². The summed E-state index contributed by atoms with van der Waals surface area (Å²) in [5.74, 6) is 0.127. The summed E-state index contributed by atoms with van der Waals surface area (Å²) in [7, 11) is 0. The summed E-state index contributed by atoms with van der Waals surface area (Å²) < 4.78 is 0. The monoisotopic (exact) mass is 246 g/mol. The quantitative estimate of drug-likeness (QED) is 0.777. The van der Waals surface area contributed by atoms with Crippen molar-refractivity contribution in [3.8, 4) is 0 Å². The molecule has 0 unspecified atom stereocenters. The van der Waals surface area contributed by atoms with Gasteiger partial charge in [0.1, 0.15) is 0 Å². The van der Waals surface area contributed by atoms with Crippen LogP contribution in [0.1, 0.15) is 24.8 Å². The molecule has 0 atom stereocenters. The minimum absolute atomic E-state index is 0.127. The molecule has 0 bridgehead atoms. The van der Waals surface area contributed by atoms with Crippen molar-refractivity contribution in [3.05, 3.63) is 35.9 Å². The van der Waals surface area contributed by atoms with Crippen LogP contribution in [0.4, 0.5) is 0 Å². The summed E-state index contributed by atoms with van der Waals surface area (Å²) >= 11 is 0. The molecule has 0 saturated carbocycles. The Bertz CT molecular complexity index is 358. The standard InChI is InChI=1S/C15H22N2O/c18-15(13-14-7-2-1-3-8-14)16-9-6-12-17-10-4-5-11-17/h1-3,7-8H,4-6,9-13H2,(H,16,18). The molecule has 0 spiro atoms. The maximum Gasteiger partial charge on any atom is 0.224 e. The van der Waals surface area contributed by atoms with Gasteiger partial charge in [0.15, 0.2) is 0 Å². The second kappa shape index (κ2) is 7.17. The molecule has 1 aliphatic rings. The van der Waals surface area contributed by atoms with Crippen molar-refractivity contribution in [1.29, 1.82) is 0 Å². The molecule has 1 aromatic rings. The van der Waals surface area contributed by atoms with Crippen molar-refractivity contribution in [3.63, 3.8) is 0 Å². The van der Waals surface area contributed by atoms with Gasteiger partial charge >= 0.3 is 0 Å². The summed E-state index contributed by atoms with van der Waals surface area (Å²) in [4.78, 5) is 14.2. The Morgan fingerprint density at radius 3 is 2.61 bits per heavy atom. The van der Waals surface area contributed by atoms with Crippen LogP contribution < -0.4 is 5.32 Å². The zero-order chi connectivity index (χ0) is 12.6. The van der Waals surface area contributed by atoms with Gasteiger partial charge in [-0.2, -0.15) is 0 Å². The Morgan fingerprint density at radius 1 is 1.17 bits per heavy atom. The molecule has 1 aromatic carbocycles. The number of hydrogen-bond acceptors (Lipinski definition) is 2. The van der Waals surface area contributed by atoms with Crippen LogP contribution >= 0.6 is 0 Å². The van der Waals surface area contributed by atoms with Crippen molar-refractivity contribution < 1.29 is 4.79 Å². The lowest BCUT2D eigenvalue weighted by molar-refractivity contribution is -0.120. The third-order valence-electron chi connectivity index (χ3n) is 3.38. The van der Waals surface area contributed by atoms with Gasteiger partial charge in [0.05, 0.1) is 6.42 Å². The van der Waals surface area contributed by atoms with Crippen molar-refractivity contribution >= 4 is 5.91 Å². The normalized spacial score (nSPS) is 15.8. The van der Waals surface area contributed by atoms with E-state index in [-0.39, 0.29) is 5.91 Å². The molecular formula is C15H22N2O. The molecule has 0 radical (unpaired) electrons. The fourth-order valence-electron chi connectivity index (χ4n) is 2.38. The number of nitrogens with one attached hydrogen (secondary N) is 1. The topological polar surface area (TPSA) is 32.3 Å². The van der Waals surface area contributed by atoms with Crippen molar-refractivity contribution in [1.82, 2.24) is 10.2 Å². The second-order valence-corrected chi connectivity index (χ2v) is 4.91. The first-order chi connectivity index (χ1) is 8.84. The number of carbonyl (C=O) groups excluding carboxylic acids is 1. The van der Waals surface area contributed by atoms with Crippen LogP contribution in [0.25, 0.3) is 0 Å². The zero-order valence-corrected chi connectivity index (χ0v) is 10.9. The average molecular weight is 246 g/mol. The number of nitrogens with zero attached hydrogens (tertiary/aromatic N) is 1. The highest BCUT2D eigenvalue weighted by molar-refractivity contribution is 5.78. The lowest BCUT2D eigenvalue weighted by Gasteiger charge is -2.14. The largest absolute Gasteiger partial charge is 0.356 e. The summed E-state index contributed by atoms with van der Waals surface area (Å²) in [5, 5.41) is 2.99. The van der Waals surface area contributed by atoms with E-state index in [9.17, 15) is 4.79 Å². The molecule has 2 rings (SSSR count). The van der Waals surface area contributed by atoms with E-state index in [4.69, 9.17) is 0 Å². The van der Waals surface area contributed by atoms with Gasteiger partial charge in [0.25, 0.3) is 0 Å². The molecular weight excluding hydrogens is 224 g/mol. The summed E-state index contributed by atoms with van der Waals surface area (Å²) in [6.07, 6.45) is 4.21. The van der Waals surface area contributed by atoms with E-state index in [1.807, 2.05) is 30.3 Å². The highest BCUT2D eigenvalue weighted by Crippen LogP contribution is 2.06. The Morgan fingerprint density at radius 2 is 1.89 bits per heavy atom. The number of benzene rings is 1. The number of carbonyl (C=O) groups is 1. The van der Waals surface area contributed by atoms with E-state index in [1.54, 1.807) is 0 Å². The highest BCUT2D eigenvalue weighted by atomic mass is 16.1. The fourth-order valence-corrected chi connectivity index (χ4v) is 2.38. The molecule has 18 heavy (non-hydrogen) atoms. The number of amides is 1. The lowest BCUT2D eigenvalue weighted by Crippen LogP contribution is -2.29. The maximum atomic E-state index is 11.7. The summed E-state index contributed by atoms with van der Waals surface area (Å²) in [5.41, 5.74) is 1.08. The Balaban J connectivity index is 1.57. The first-order valence-corrected chi connectivity index (χ1v) is 6.87. The zero-order valence-electron chi connectivity index (χ0n) is 10.9. The number of rotatable bonds is 6. The predicted octanol–water partition coefficient (Wildman–Crippen LogP) is 1.83. The van der Waals surface area contributed by atoms with Crippen LogP contribution in [-0.2, 0) is 11.2 Å². The maximum absolute atomic E-state index is 11.7. The van der Waals surface area contributed by atoms with Crippen LogP contribution in [0.5, 0.6) is 0 Å². The Hall–Kier alpha value is -1.35. The number of likely N-dealkylation sites (tertiary alicyclic amines) is 1. The first kappa shape index (κ1) is 13.1. The molecule has 1 aliphatic heterocycles. The molecule has 0 aliphatic carbocycles. The van der Waals surface area contributed by atoms with Gasteiger partial charge in [0, 0.05) is 6.54 Å². The minimum atomic E-state index is 0.127. The van der Waals surface area contributed by atoms with Gasteiger partial charge in [-0.15, -0.1) is 0 Å². The van der Waals surface area contributed by atoms with E-state index in [0.29, 0.717) is 6.42 Å². The van der Waals surface area contributed by atoms with E-state index >= 15 is 0 Å². The third kappa shape index (κ3) is 4.49. The second-order valence-electron chi connectivity index (χ2n) is 4.91. The van der Waals surface area contributed by atoms with Gasteiger partial charge in [-0.1, -0.05) is 30.3 Å². The van der Waals surface area contributed by atoms with E-state index in [1.165, 1.54) is 25.9 Å². The number of hydrogen-bond donors (Lipinski definition) is 1. The predicted molar refractivity (Wildman–Crippen MR) is 73.4 cm³/mol. The fraction of sp³-hybridized carbons (Fsp3) is 0.533. The van der Waals surface area contributed by atoms with Gasteiger partial charge in [0.2, 0.25) is 5.91 Å². The summed E-state index contributed by atoms with van der Waals surface area (Å²) in [6, 6.07) is 9.89. The van der Waals surface area contributed by atoms with Crippen LogP contribution in [0.2, 0.25) is 0 Å². The summed E-state index contributed by atoms with van der Waals surface area (Å²) in [6.45, 7) is 4.38. The van der Waals surface area contributed by atoms with E-state index < -0.39 is 0 Å². The first-order valence-electron chi connectivity index (χ1n) is 6.87. The molecule has 1 amide bonds. The smallest absolute Gasteiger partial charge is 0.224 e. The Labute approximate surface area is 109 Å². The van der Waals surface area contributed by atoms with Crippen LogP contribution in [0.3, 0.4) is 0 Å². The third-order valence-corrected chi connectivity index (χ3v) is 3.38. The van der Waals surface area contributed by atoms with E-state index in [2.05, 4.69) is 10.2 Å². The average Bonchev–Trinajstić information content (AvgIpc) is 2.89. The molecule has 3 heteroatoms. The van der Waals surface area contributed by atoms with Gasteiger partial charge in [-0.05, 0) is 44.5 Å². The van der Waals surface area contributed by atoms with Gasteiger partial charge < -0.3 is 10.2 Å². The Kier molecular flexibility index (Phi) is 5.21. The van der Waals surface area contributed by atoms with Gasteiger partial charge in [-0.3, -0.25) is 4.79 Å². The molecule has 98 valence electrons. The molecule has 1 saturated heterocycles. The molecule has 1 N–H and O–H groups in total. The minimum Gasteiger partial charge on any atom is -0.356 e. The van der Waals surface area contributed by atoms with Gasteiger partial charge in [-0.25, -0.2) is 0 Å². The van der Waals surface area contributed by atoms with Crippen LogP contribution in [-0.4, -0.2) is 37.0 Å². The molecule has 0 aromatic heterocycles. The van der Waals surface area contributed by atoms with Crippen molar-refractivity contribution in [2.45, 2.75) is 25.7 Å². The van der Waals surface area contributed by atoms with E-state index in [0.717, 1.165) is 25.1 Å². The molecule has 1 heterocycles. The van der Waals surface area contributed by atoms with Crippen LogP contribution in [0.15, 0.2) is 30.3 Å². The molecule has 3 nitrogen and oxygen atoms in total. The van der Waals surface area contributed by atoms with Crippen molar-refractivity contribution in [2.75, 3.05) is 26.2 Å². The van der Waals surface area contributed by atoms with Crippen LogP contribution in [0, 0.1) is 0 Å².